The molecule has 0 aliphatic heterocycles. The zero-order chi connectivity index (χ0) is 23.5. The van der Waals surface area contributed by atoms with Crippen LogP contribution in [0.2, 0.25) is 0 Å². The molecule has 0 bridgehead atoms. The average molecular weight is 457 g/mol. The standard InChI is InChI=1S/C25H24N6OS/c1-16-10-12-19(13-11-16)23-28-29-25(30(23)4)33-15-22(32)27-24-21(14-26)17(2)18(3)31(24)20-8-6-5-7-9-20/h5-13H,15H2,1-4H3,(H,27,32). The number of hydrogen-bond donors (Lipinski definition) is 1. The fourth-order valence-electron chi connectivity index (χ4n) is 3.65. The number of carbonyl (C=O) groups excluding carboxylic acids is 1. The monoisotopic (exact) mass is 456 g/mol. The van der Waals surface area contributed by atoms with Gasteiger partial charge in [-0.25, -0.2) is 0 Å². The van der Waals surface area contributed by atoms with E-state index in [0.29, 0.717) is 16.5 Å². The van der Waals surface area contributed by atoms with Crippen molar-refractivity contribution < 1.29 is 4.79 Å². The summed E-state index contributed by atoms with van der Waals surface area (Å²) in [6.07, 6.45) is 0. The van der Waals surface area contributed by atoms with Crippen LogP contribution >= 0.6 is 11.8 Å². The number of aromatic nitrogens is 4. The van der Waals surface area contributed by atoms with Gasteiger partial charge in [0.2, 0.25) is 5.91 Å². The molecule has 0 saturated carbocycles. The highest BCUT2D eigenvalue weighted by atomic mass is 32.2. The third-order valence-corrected chi connectivity index (χ3v) is 6.59. The maximum absolute atomic E-state index is 12.9. The van der Waals surface area contributed by atoms with Crippen molar-refractivity contribution in [2.24, 2.45) is 7.05 Å². The average Bonchev–Trinajstić information content (AvgIpc) is 3.30. The molecule has 0 radical (unpaired) electrons. The molecule has 7 nitrogen and oxygen atoms in total. The first kappa shape index (κ1) is 22.4. The maximum Gasteiger partial charge on any atom is 0.236 e. The number of carbonyl (C=O) groups is 1. The van der Waals surface area contributed by atoms with Gasteiger partial charge in [0.1, 0.15) is 11.9 Å². The second-order valence-electron chi connectivity index (χ2n) is 7.78. The first-order chi connectivity index (χ1) is 15.9. The second kappa shape index (κ2) is 9.35. The van der Waals surface area contributed by atoms with Gasteiger partial charge in [0.15, 0.2) is 11.0 Å². The molecule has 0 fully saturated rings. The number of hydrogen-bond acceptors (Lipinski definition) is 5. The van der Waals surface area contributed by atoms with Crippen LogP contribution in [0.25, 0.3) is 17.1 Å². The van der Waals surface area contributed by atoms with Crippen LogP contribution in [0, 0.1) is 32.1 Å². The predicted octanol–water partition coefficient (Wildman–Crippen LogP) is 4.80. The summed E-state index contributed by atoms with van der Waals surface area (Å²) in [6.45, 7) is 5.87. The highest BCUT2D eigenvalue weighted by molar-refractivity contribution is 7.99. The summed E-state index contributed by atoms with van der Waals surface area (Å²) in [7, 11) is 1.89. The molecule has 2 aromatic carbocycles. The first-order valence-corrected chi connectivity index (χ1v) is 11.5. The number of thioether (sulfide) groups is 1. The van der Waals surface area contributed by atoms with Crippen molar-refractivity contribution in [2.45, 2.75) is 25.9 Å². The lowest BCUT2D eigenvalue weighted by Crippen LogP contribution is -2.18. The molecule has 0 spiro atoms. The number of aryl methyl sites for hydroxylation is 1. The molecular formula is C25H24N6OS. The second-order valence-corrected chi connectivity index (χ2v) is 8.73. The van der Waals surface area contributed by atoms with Crippen LogP contribution in [0.3, 0.4) is 0 Å². The molecule has 0 aliphatic carbocycles. The van der Waals surface area contributed by atoms with Gasteiger partial charge in [-0.1, -0.05) is 59.8 Å². The quantitative estimate of drug-likeness (QED) is 0.421. The number of anilines is 1. The molecule has 2 aromatic heterocycles. The molecule has 2 heterocycles. The zero-order valence-corrected chi connectivity index (χ0v) is 19.8. The summed E-state index contributed by atoms with van der Waals surface area (Å²) in [5.74, 6) is 1.16. The van der Waals surface area contributed by atoms with Crippen molar-refractivity contribution in [1.29, 1.82) is 5.26 Å². The highest BCUT2D eigenvalue weighted by Crippen LogP contribution is 2.30. The SMILES string of the molecule is Cc1ccc(-c2nnc(SCC(=O)Nc3c(C#N)c(C)c(C)n3-c3ccccc3)n2C)cc1. The summed E-state index contributed by atoms with van der Waals surface area (Å²) in [5.41, 5.74) is 5.26. The zero-order valence-electron chi connectivity index (χ0n) is 19.0. The molecule has 166 valence electrons. The highest BCUT2D eigenvalue weighted by Gasteiger charge is 2.21. The van der Waals surface area contributed by atoms with Crippen LogP contribution in [0.15, 0.2) is 59.8 Å². The summed E-state index contributed by atoms with van der Waals surface area (Å²) in [6, 6.07) is 20.0. The molecule has 0 unspecified atom stereocenters. The lowest BCUT2D eigenvalue weighted by Gasteiger charge is -2.13. The Balaban J connectivity index is 1.53. The van der Waals surface area contributed by atoms with Crippen LogP contribution in [-0.2, 0) is 11.8 Å². The largest absolute Gasteiger partial charge is 0.310 e. The van der Waals surface area contributed by atoms with Crippen molar-refractivity contribution >= 4 is 23.5 Å². The minimum Gasteiger partial charge on any atom is -0.310 e. The number of nitrogens with one attached hydrogen (secondary N) is 1. The number of nitriles is 1. The smallest absolute Gasteiger partial charge is 0.236 e. The van der Waals surface area contributed by atoms with Gasteiger partial charge in [-0.2, -0.15) is 5.26 Å². The van der Waals surface area contributed by atoms with Gasteiger partial charge in [0.25, 0.3) is 0 Å². The summed E-state index contributed by atoms with van der Waals surface area (Å²) >= 11 is 1.30. The molecule has 1 amide bonds. The Morgan fingerprint density at radius 3 is 2.42 bits per heavy atom. The number of rotatable bonds is 6. The molecule has 33 heavy (non-hydrogen) atoms. The summed E-state index contributed by atoms with van der Waals surface area (Å²) in [5, 5.41) is 21.9. The molecule has 0 atom stereocenters. The minimum absolute atomic E-state index is 0.142. The van der Waals surface area contributed by atoms with Crippen molar-refractivity contribution in [3.63, 3.8) is 0 Å². The molecule has 1 N–H and O–H groups in total. The van der Waals surface area contributed by atoms with Crippen LogP contribution < -0.4 is 5.32 Å². The molecule has 8 heteroatoms. The fraction of sp³-hybridized carbons (Fsp3) is 0.200. The van der Waals surface area contributed by atoms with Gasteiger partial charge in [-0.15, -0.1) is 10.2 Å². The third-order valence-electron chi connectivity index (χ3n) is 5.57. The van der Waals surface area contributed by atoms with Gasteiger partial charge in [0, 0.05) is 24.0 Å². The first-order valence-electron chi connectivity index (χ1n) is 10.5. The minimum atomic E-state index is -0.217. The Bertz CT molecular complexity index is 1350. The van der Waals surface area contributed by atoms with Gasteiger partial charge in [0.05, 0.1) is 11.3 Å². The van der Waals surface area contributed by atoms with Crippen molar-refractivity contribution in [1.82, 2.24) is 19.3 Å². The fourth-order valence-corrected chi connectivity index (χ4v) is 4.36. The van der Waals surface area contributed by atoms with E-state index in [-0.39, 0.29) is 11.7 Å². The maximum atomic E-state index is 12.9. The van der Waals surface area contributed by atoms with Gasteiger partial charge in [-0.3, -0.25) is 9.36 Å². The Kier molecular flexibility index (Phi) is 6.33. The van der Waals surface area contributed by atoms with Crippen molar-refractivity contribution in [3.8, 4) is 23.1 Å². The Morgan fingerprint density at radius 1 is 1.06 bits per heavy atom. The third kappa shape index (κ3) is 4.41. The van der Waals surface area contributed by atoms with E-state index in [0.717, 1.165) is 28.3 Å². The van der Waals surface area contributed by atoms with E-state index in [2.05, 4.69) is 21.6 Å². The van der Waals surface area contributed by atoms with Crippen molar-refractivity contribution in [2.75, 3.05) is 11.1 Å². The van der Waals surface area contributed by atoms with Gasteiger partial charge < -0.3 is 9.88 Å². The predicted molar refractivity (Wildman–Crippen MR) is 130 cm³/mol. The van der Waals surface area contributed by atoms with Crippen LogP contribution in [-0.4, -0.2) is 31.0 Å². The van der Waals surface area contributed by atoms with Crippen LogP contribution in [0.5, 0.6) is 0 Å². The van der Waals surface area contributed by atoms with E-state index in [9.17, 15) is 10.1 Å². The topological polar surface area (TPSA) is 88.5 Å². The number of amides is 1. The number of benzene rings is 2. The van der Waals surface area contributed by atoms with E-state index in [1.165, 1.54) is 17.3 Å². The van der Waals surface area contributed by atoms with Gasteiger partial charge >= 0.3 is 0 Å². The van der Waals surface area contributed by atoms with E-state index in [1.807, 2.05) is 91.6 Å². The van der Waals surface area contributed by atoms with Crippen LogP contribution in [0.1, 0.15) is 22.4 Å². The lowest BCUT2D eigenvalue weighted by molar-refractivity contribution is -0.113. The summed E-state index contributed by atoms with van der Waals surface area (Å²) in [4.78, 5) is 12.9. The van der Waals surface area contributed by atoms with Gasteiger partial charge in [-0.05, 0) is 38.5 Å². The normalized spacial score (nSPS) is 10.8. The van der Waals surface area contributed by atoms with E-state index in [1.54, 1.807) is 0 Å². The summed E-state index contributed by atoms with van der Waals surface area (Å²) < 4.78 is 3.79. The molecular weight excluding hydrogens is 432 g/mol. The Labute approximate surface area is 197 Å². The van der Waals surface area contributed by atoms with Crippen molar-refractivity contribution in [3.05, 3.63) is 77.0 Å². The Hall–Kier alpha value is -3.83. The lowest BCUT2D eigenvalue weighted by atomic mass is 10.1. The van der Waals surface area contributed by atoms with E-state index >= 15 is 0 Å². The molecule has 0 saturated heterocycles. The molecule has 0 aliphatic rings. The van der Waals surface area contributed by atoms with E-state index in [4.69, 9.17) is 0 Å². The molecule has 4 rings (SSSR count). The van der Waals surface area contributed by atoms with E-state index < -0.39 is 0 Å². The van der Waals surface area contributed by atoms with Crippen LogP contribution in [0.4, 0.5) is 5.82 Å². The Morgan fingerprint density at radius 2 is 1.76 bits per heavy atom. The number of nitrogens with zero attached hydrogens (tertiary/aromatic N) is 5. The number of para-hydroxylation sites is 1. The molecule has 4 aromatic rings.